The third-order valence-corrected chi connectivity index (χ3v) is 4.72. The Hall–Kier alpha value is -0.120. The van der Waals surface area contributed by atoms with E-state index in [1.165, 1.54) is 32.1 Å². The fourth-order valence-corrected chi connectivity index (χ4v) is 3.05. The number of nitrogens with zero attached hydrogens (tertiary/aromatic N) is 1. The molecule has 0 aromatic heterocycles. The summed E-state index contributed by atoms with van der Waals surface area (Å²) in [5.41, 5.74) is 6.31. The molecule has 0 saturated heterocycles. The van der Waals surface area contributed by atoms with Gasteiger partial charge in [-0.2, -0.15) is 0 Å². The SMILES string of the molecule is CCCOCCN(C)C1(CN)CCC(CC)CC1. The Labute approximate surface area is 113 Å². The van der Waals surface area contributed by atoms with Crippen molar-refractivity contribution < 1.29 is 4.74 Å². The highest BCUT2D eigenvalue weighted by Gasteiger charge is 2.36. The van der Waals surface area contributed by atoms with Crippen LogP contribution in [0.4, 0.5) is 0 Å². The highest BCUT2D eigenvalue weighted by Crippen LogP contribution is 2.36. The largest absolute Gasteiger partial charge is 0.380 e. The average Bonchev–Trinajstić information content (AvgIpc) is 2.43. The van der Waals surface area contributed by atoms with Crippen LogP contribution in [0.25, 0.3) is 0 Å². The lowest BCUT2D eigenvalue weighted by molar-refractivity contribution is 0.0320. The van der Waals surface area contributed by atoms with Gasteiger partial charge in [-0.1, -0.05) is 20.3 Å². The van der Waals surface area contributed by atoms with Crippen molar-refractivity contribution in [3.05, 3.63) is 0 Å². The van der Waals surface area contributed by atoms with Crippen molar-refractivity contribution in [2.24, 2.45) is 11.7 Å². The number of hydrogen-bond donors (Lipinski definition) is 1. The van der Waals surface area contributed by atoms with Crippen LogP contribution in [-0.2, 0) is 4.74 Å². The summed E-state index contributed by atoms with van der Waals surface area (Å²) >= 11 is 0. The lowest BCUT2D eigenvalue weighted by atomic mass is 9.75. The van der Waals surface area contributed by atoms with Gasteiger partial charge in [-0.25, -0.2) is 0 Å². The molecule has 0 atom stereocenters. The van der Waals surface area contributed by atoms with Gasteiger partial charge in [0.05, 0.1) is 6.61 Å². The van der Waals surface area contributed by atoms with Gasteiger partial charge in [-0.15, -0.1) is 0 Å². The van der Waals surface area contributed by atoms with Gasteiger partial charge in [0.2, 0.25) is 0 Å². The molecule has 0 aromatic carbocycles. The quantitative estimate of drug-likeness (QED) is 0.679. The lowest BCUT2D eigenvalue weighted by Crippen LogP contribution is -2.54. The second-order valence-electron chi connectivity index (χ2n) is 5.81. The second-order valence-corrected chi connectivity index (χ2v) is 5.81. The maximum absolute atomic E-state index is 6.07. The van der Waals surface area contributed by atoms with Crippen molar-refractivity contribution in [3.8, 4) is 0 Å². The van der Waals surface area contributed by atoms with Gasteiger partial charge in [0, 0.05) is 25.2 Å². The highest BCUT2D eigenvalue weighted by molar-refractivity contribution is 4.94. The third-order valence-electron chi connectivity index (χ3n) is 4.72. The molecule has 18 heavy (non-hydrogen) atoms. The first kappa shape index (κ1) is 15.9. The van der Waals surface area contributed by atoms with Gasteiger partial charge in [-0.05, 0) is 45.1 Å². The maximum Gasteiger partial charge on any atom is 0.0593 e. The van der Waals surface area contributed by atoms with Gasteiger partial charge in [0.1, 0.15) is 0 Å². The first-order valence-electron chi connectivity index (χ1n) is 7.67. The summed E-state index contributed by atoms with van der Waals surface area (Å²) in [4.78, 5) is 2.45. The predicted molar refractivity (Wildman–Crippen MR) is 77.8 cm³/mol. The summed E-state index contributed by atoms with van der Waals surface area (Å²) in [7, 11) is 2.22. The van der Waals surface area contributed by atoms with E-state index in [9.17, 15) is 0 Å². The van der Waals surface area contributed by atoms with Crippen molar-refractivity contribution in [2.45, 2.75) is 57.9 Å². The smallest absolute Gasteiger partial charge is 0.0593 e. The molecule has 0 bridgehead atoms. The summed E-state index contributed by atoms with van der Waals surface area (Å²) in [6, 6.07) is 0. The van der Waals surface area contributed by atoms with Crippen molar-refractivity contribution in [1.82, 2.24) is 4.90 Å². The van der Waals surface area contributed by atoms with Gasteiger partial charge >= 0.3 is 0 Å². The van der Waals surface area contributed by atoms with Crippen molar-refractivity contribution in [2.75, 3.05) is 33.4 Å². The summed E-state index contributed by atoms with van der Waals surface area (Å²) in [5.74, 6) is 0.925. The van der Waals surface area contributed by atoms with E-state index < -0.39 is 0 Å². The Morgan fingerprint density at radius 1 is 1.22 bits per heavy atom. The predicted octanol–water partition coefficient (Wildman–Crippen LogP) is 2.64. The minimum Gasteiger partial charge on any atom is -0.380 e. The van der Waals surface area contributed by atoms with Crippen molar-refractivity contribution in [3.63, 3.8) is 0 Å². The molecular formula is C15H32N2O. The number of likely N-dealkylation sites (N-methyl/N-ethyl adjacent to an activating group) is 1. The average molecular weight is 256 g/mol. The molecule has 1 rings (SSSR count). The molecule has 1 saturated carbocycles. The molecule has 3 heteroatoms. The normalized spacial score (nSPS) is 28.8. The zero-order valence-corrected chi connectivity index (χ0v) is 12.6. The molecule has 0 amide bonds. The summed E-state index contributed by atoms with van der Waals surface area (Å²) < 4.78 is 5.59. The van der Waals surface area contributed by atoms with E-state index in [1.807, 2.05) is 0 Å². The van der Waals surface area contributed by atoms with Crippen LogP contribution >= 0.6 is 0 Å². The van der Waals surface area contributed by atoms with E-state index in [0.29, 0.717) is 0 Å². The molecule has 0 aromatic rings. The Morgan fingerprint density at radius 3 is 2.39 bits per heavy atom. The Bertz CT molecular complexity index is 213. The van der Waals surface area contributed by atoms with Gasteiger partial charge < -0.3 is 10.5 Å². The van der Waals surface area contributed by atoms with Gasteiger partial charge in [0.15, 0.2) is 0 Å². The molecule has 0 spiro atoms. The monoisotopic (exact) mass is 256 g/mol. The van der Waals surface area contributed by atoms with E-state index in [2.05, 4.69) is 25.8 Å². The van der Waals surface area contributed by atoms with Crippen LogP contribution < -0.4 is 5.73 Å². The molecule has 108 valence electrons. The summed E-state index contributed by atoms with van der Waals surface area (Å²) in [6.07, 6.45) is 7.62. The van der Waals surface area contributed by atoms with E-state index in [0.717, 1.165) is 38.6 Å². The van der Waals surface area contributed by atoms with Crippen molar-refractivity contribution >= 4 is 0 Å². The standard InChI is InChI=1S/C15H32N2O/c1-4-11-18-12-10-17(3)15(13-16)8-6-14(5-2)7-9-15/h14H,4-13,16H2,1-3H3. The van der Waals surface area contributed by atoms with Crippen LogP contribution in [-0.4, -0.2) is 43.8 Å². The summed E-state index contributed by atoms with van der Waals surface area (Å²) in [5, 5.41) is 0. The Balaban J connectivity index is 2.39. The topological polar surface area (TPSA) is 38.5 Å². The van der Waals surface area contributed by atoms with Crippen LogP contribution in [0.15, 0.2) is 0 Å². The van der Waals surface area contributed by atoms with Crippen molar-refractivity contribution in [1.29, 1.82) is 0 Å². The molecule has 1 aliphatic carbocycles. The van der Waals surface area contributed by atoms with Crippen LogP contribution in [0, 0.1) is 5.92 Å². The lowest BCUT2D eigenvalue weighted by Gasteiger charge is -2.46. The Kier molecular flexibility index (Phi) is 7.20. The second kappa shape index (κ2) is 8.13. The maximum atomic E-state index is 6.07. The summed E-state index contributed by atoms with van der Waals surface area (Å²) in [6.45, 7) is 7.96. The van der Waals surface area contributed by atoms with E-state index in [-0.39, 0.29) is 5.54 Å². The minimum atomic E-state index is 0.237. The fraction of sp³-hybridized carbons (Fsp3) is 1.00. The van der Waals surface area contributed by atoms with Crippen LogP contribution in [0.3, 0.4) is 0 Å². The first-order chi connectivity index (χ1) is 8.68. The zero-order valence-electron chi connectivity index (χ0n) is 12.6. The zero-order chi connectivity index (χ0) is 13.4. The number of ether oxygens (including phenoxy) is 1. The van der Waals surface area contributed by atoms with E-state index >= 15 is 0 Å². The molecule has 1 fully saturated rings. The fourth-order valence-electron chi connectivity index (χ4n) is 3.05. The van der Waals surface area contributed by atoms with Crippen LogP contribution in [0.5, 0.6) is 0 Å². The molecular weight excluding hydrogens is 224 g/mol. The molecule has 0 unspecified atom stereocenters. The first-order valence-corrected chi connectivity index (χ1v) is 7.67. The van der Waals surface area contributed by atoms with Gasteiger partial charge in [-0.3, -0.25) is 4.90 Å². The molecule has 0 radical (unpaired) electrons. The van der Waals surface area contributed by atoms with E-state index in [4.69, 9.17) is 10.5 Å². The minimum absolute atomic E-state index is 0.237. The Morgan fingerprint density at radius 2 is 1.89 bits per heavy atom. The molecule has 1 aliphatic rings. The van der Waals surface area contributed by atoms with Crippen LogP contribution in [0.2, 0.25) is 0 Å². The van der Waals surface area contributed by atoms with E-state index in [1.54, 1.807) is 0 Å². The number of rotatable bonds is 8. The molecule has 0 aliphatic heterocycles. The molecule has 0 heterocycles. The number of nitrogens with two attached hydrogens (primary N) is 1. The third kappa shape index (κ3) is 4.22. The van der Waals surface area contributed by atoms with Crippen LogP contribution in [0.1, 0.15) is 52.4 Å². The number of hydrogen-bond acceptors (Lipinski definition) is 3. The molecule has 2 N–H and O–H groups in total. The van der Waals surface area contributed by atoms with Gasteiger partial charge in [0.25, 0.3) is 0 Å². The molecule has 3 nitrogen and oxygen atoms in total. The highest BCUT2D eigenvalue weighted by atomic mass is 16.5.